The fourth-order valence-corrected chi connectivity index (χ4v) is 2.75. The minimum absolute atomic E-state index is 0.109. The Morgan fingerprint density at radius 3 is 2.86 bits per heavy atom. The molecule has 0 aliphatic rings. The minimum atomic E-state index is -1.01. The molecule has 7 heteroatoms. The van der Waals surface area contributed by atoms with E-state index >= 15 is 0 Å². The lowest BCUT2D eigenvalue weighted by atomic mass is 10.1. The second kappa shape index (κ2) is 5.55. The summed E-state index contributed by atoms with van der Waals surface area (Å²) in [6, 6.07) is 7.03. The van der Waals surface area contributed by atoms with Crippen LogP contribution in [0.4, 0.5) is 0 Å². The van der Waals surface area contributed by atoms with Gasteiger partial charge in [-0.3, -0.25) is 4.79 Å². The number of para-hydroxylation sites is 1. The van der Waals surface area contributed by atoms with Crippen LogP contribution < -0.4 is 10.2 Å². The molecule has 0 atom stereocenters. The van der Waals surface area contributed by atoms with Crippen LogP contribution in [0.3, 0.4) is 0 Å². The lowest BCUT2D eigenvalue weighted by Crippen LogP contribution is -2.15. The first-order valence-electron chi connectivity index (χ1n) is 6.26. The van der Waals surface area contributed by atoms with E-state index < -0.39 is 5.97 Å². The maximum Gasteiger partial charge on any atom is 0.339 e. The number of H-pyrrole nitrogens is 1. The largest absolute Gasteiger partial charge is 0.478 e. The van der Waals surface area contributed by atoms with Crippen molar-refractivity contribution in [3.63, 3.8) is 0 Å². The fraction of sp³-hybridized carbons (Fsp3) is 0.143. The Morgan fingerprint density at radius 1 is 1.33 bits per heavy atom. The molecule has 3 rings (SSSR count). The molecule has 0 unspecified atom stereocenters. The number of carboxylic acid groups (broad SMARTS) is 1. The summed E-state index contributed by atoms with van der Waals surface area (Å²) in [7, 11) is 0. The highest BCUT2D eigenvalue weighted by Crippen LogP contribution is 2.25. The number of aromatic nitrogens is 1. The van der Waals surface area contributed by atoms with E-state index in [-0.39, 0.29) is 17.0 Å². The zero-order valence-electron chi connectivity index (χ0n) is 10.9. The second-order valence-corrected chi connectivity index (χ2v) is 5.32. The normalized spacial score (nSPS) is 11.0. The third-order valence-electron chi connectivity index (χ3n) is 3.05. The van der Waals surface area contributed by atoms with E-state index in [1.54, 1.807) is 29.6 Å². The first kappa shape index (κ1) is 13.6. The van der Waals surface area contributed by atoms with Crippen molar-refractivity contribution in [3.8, 4) is 0 Å². The molecule has 0 fully saturated rings. The summed E-state index contributed by atoms with van der Waals surface area (Å²) in [6.07, 6.45) is 0. The van der Waals surface area contributed by atoms with Crippen molar-refractivity contribution in [2.75, 3.05) is 0 Å². The summed E-state index contributed by atoms with van der Waals surface area (Å²) in [5.41, 5.74) is 1.49. The van der Waals surface area contributed by atoms with Gasteiger partial charge in [-0.15, -0.1) is 0 Å². The molecule has 0 aliphatic heterocycles. The molecule has 0 saturated carbocycles. The Kier molecular flexibility index (Phi) is 3.59. The Labute approximate surface area is 123 Å². The number of aromatic carboxylic acids is 1. The van der Waals surface area contributed by atoms with Gasteiger partial charge in [-0.25, -0.2) is 4.79 Å². The van der Waals surface area contributed by atoms with Gasteiger partial charge in [-0.1, -0.05) is 29.5 Å². The van der Waals surface area contributed by atoms with Crippen molar-refractivity contribution in [2.24, 2.45) is 0 Å². The molecule has 0 saturated heterocycles. The maximum atomic E-state index is 11.4. The third kappa shape index (κ3) is 2.74. The highest BCUT2D eigenvalue weighted by Gasteiger charge is 2.19. The van der Waals surface area contributed by atoms with Gasteiger partial charge in [0.05, 0.1) is 6.54 Å². The lowest BCUT2D eigenvalue weighted by Gasteiger charge is -2.01. The lowest BCUT2D eigenvalue weighted by molar-refractivity contribution is 0.0696. The monoisotopic (exact) mass is 304 g/mol. The fourth-order valence-electron chi connectivity index (χ4n) is 2.17. The minimum Gasteiger partial charge on any atom is -0.478 e. The van der Waals surface area contributed by atoms with E-state index in [0.717, 1.165) is 17.0 Å². The van der Waals surface area contributed by atoms with Crippen LogP contribution in [-0.2, 0) is 13.1 Å². The van der Waals surface area contributed by atoms with Gasteiger partial charge in [-0.05, 0) is 6.07 Å². The molecule has 2 heterocycles. The molecular formula is C14H12N2O4S. The quantitative estimate of drug-likeness (QED) is 0.671. The van der Waals surface area contributed by atoms with Gasteiger partial charge in [-0.2, -0.15) is 0 Å². The first-order valence-corrected chi connectivity index (χ1v) is 7.14. The zero-order valence-corrected chi connectivity index (χ0v) is 11.7. The van der Waals surface area contributed by atoms with E-state index in [4.69, 9.17) is 4.42 Å². The summed E-state index contributed by atoms with van der Waals surface area (Å²) >= 11 is 1.09. The zero-order chi connectivity index (χ0) is 14.8. The molecular weight excluding hydrogens is 292 g/mol. The molecule has 3 N–H and O–H groups in total. The third-order valence-corrected chi connectivity index (χ3v) is 3.77. The van der Waals surface area contributed by atoms with Gasteiger partial charge in [0.15, 0.2) is 0 Å². The van der Waals surface area contributed by atoms with Crippen molar-refractivity contribution in [1.82, 2.24) is 10.3 Å². The van der Waals surface area contributed by atoms with Gasteiger partial charge < -0.3 is 19.8 Å². The molecule has 0 bridgehead atoms. The number of nitrogens with one attached hydrogen (secondary N) is 2. The first-order chi connectivity index (χ1) is 10.1. The van der Waals surface area contributed by atoms with Crippen LogP contribution >= 0.6 is 11.3 Å². The molecule has 108 valence electrons. The van der Waals surface area contributed by atoms with Gasteiger partial charge >= 0.3 is 10.8 Å². The van der Waals surface area contributed by atoms with Gasteiger partial charge in [0.2, 0.25) is 0 Å². The molecule has 21 heavy (non-hydrogen) atoms. The van der Waals surface area contributed by atoms with Gasteiger partial charge in [0.1, 0.15) is 16.9 Å². The predicted octanol–water partition coefficient (Wildman–Crippen LogP) is 2.17. The van der Waals surface area contributed by atoms with Gasteiger partial charge in [0, 0.05) is 23.0 Å². The number of carbonyl (C=O) groups is 1. The van der Waals surface area contributed by atoms with Gasteiger partial charge in [0.25, 0.3) is 0 Å². The average Bonchev–Trinajstić information content (AvgIpc) is 3.02. The molecule has 2 aromatic heterocycles. The summed E-state index contributed by atoms with van der Waals surface area (Å²) in [4.78, 5) is 25.0. The number of benzene rings is 1. The highest BCUT2D eigenvalue weighted by atomic mass is 32.1. The summed E-state index contributed by atoms with van der Waals surface area (Å²) < 4.78 is 5.59. The van der Waals surface area contributed by atoms with Crippen LogP contribution in [0.5, 0.6) is 0 Å². The van der Waals surface area contributed by atoms with Crippen molar-refractivity contribution in [1.29, 1.82) is 0 Å². The second-order valence-electron chi connectivity index (χ2n) is 4.48. The van der Waals surface area contributed by atoms with Crippen molar-refractivity contribution < 1.29 is 14.3 Å². The SMILES string of the molecule is O=C(O)c1c(CNCc2csc(=O)[nH]2)oc2ccccc12. The summed E-state index contributed by atoms with van der Waals surface area (Å²) in [5.74, 6) is -0.637. The molecule has 3 aromatic rings. The number of carboxylic acids is 1. The van der Waals surface area contributed by atoms with Crippen LogP contribution in [0.2, 0.25) is 0 Å². The van der Waals surface area contributed by atoms with E-state index in [9.17, 15) is 14.7 Å². The molecule has 0 spiro atoms. The Morgan fingerprint density at radius 2 is 2.14 bits per heavy atom. The summed E-state index contributed by atoms with van der Waals surface area (Å²) in [5, 5.41) is 14.7. The number of thiazole rings is 1. The van der Waals surface area contributed by atoms with Crippen LogP contribution in [0.25, 0.3) is 11.0 Å². The molecule has 0 aliphatic carbocycles. The molecule has 0 radical (unpaired) electrons. The Bertz CT molecular complexity index is 846. The molecule has 1 aromatic carbocycles. The van der Waals surface area contributed by atoms with E-state index in [1.807, 2.05) is 0 Å². The highest BCUT2D eigenvalue weighted by molar-refractivity contribution is 7.07. The maximum absolute atomic E-state index is 11.4. The van der Waals surface area contributed by atoms with Crippen molar-refractivity contribution >= 4 is 28.3 Å². The van der Waals surface area contributed by atoms with E-state index in [0.29, 0.717) is 23.3 Å². The van der Waals surface area contributed by atoms with Crippen LogP contribution in [0, 0.1) is 0 Å². The van der Waals surface area contributed by atoms with Crippen LogP contribution in [0.15, 0.2) is 38.9 Å². The average molecular weight is 304 g/mol. The number of hydrogen-bond acceptors (Lipinski definition) is 5. The summed E-state index contributed by atoms with van der Waals surface area (Å²) in [6.45, 7) is 0.711. The van der Waals surface area contributed by atoms with E-state index in [1.165, 1.54) is 0 Å². The Hall–Kier alpha value is -2.38. The topological polar surface area (TPSA) is 95.3 Å². The van der Waals surface area contributed by atoms with Crippen molar-refractivity contribution in [2.45, 2.75) is 13.1 Å². The number of aromatic amines is 1. The molecule has 6 nitrogen and oxygen atoms in total. The number of rotatable bonds is 5. The number of hydrogen-bond donors (Lipinski definition) is 3. The smallest absolute Gasteiger partial charge is 0.339 e. The van der Waals surface area contributed by atoms with Crippen LogP contribution in [-0.4, -0.2) is 16.1 Å². The van der Waals surface area contributed by atoms with Crippen LogP contribution in [0.1, 0.15) is 21.8 Å². The Balaban J connectivity index is 1.81. The number of fused-ring (bicyclic) bond motifs is 1. The number of furan rings is 1. The van der Waals surface area contributed by atoms with E-state index in [2.05, 4.69) is 10.3 Å². The van der Waals surface area contributed by atoms with Crippen molar-refractivity contribution in [3.05, 3.63) is 56.3 Å². The standard InChI is InChI=1S/C14H12N2O4S/c17-13(18)12-9-3-1-2-4-10(9)20-11(12)6-15-5-8-7-21-14(19)16-8/h1-4,7,15H,5-6H2,(H,16,19)(H,17,18). The predicted molar refractivity (Wildman–Crippen MR) is 78.7 cm³/mol. The molecule has 0 amide bonds.